The van der Waals surface area contributed by atoms with E-state index < -0.39 is 0 Å². The zero-order valence-electron chi connectivity index (χ0n) is 12.7. The first kappa shape index (κ1) is 15.1. The minimum Gasteiger partial charge on any atom is -0.471 e. The third-order valence-corrected chi connectivity index (χ3v) is 3.31. The van der Waals surface area contributed by atoms with E-state index in [1.807, 2.05) is 45.0 Å². The number of aryl methyl sites for hydroxylation is 1. The number of para-hydroxylation sites is 1. The number of amides is 1. The zero-order valence-corrected chi connectivity index (χ0v) is 12.7. The Balaban J connectivity index is 1.94. The molecule has 2 aromatic rings. The maximum Gasteiger partial charge on any atom is 0.271 e. The molecule has 0 saturated carbocycles. The molecule has 1 aromatic carbocycles. The van der Waals surface area contributed by atoms with Gasteiger partial charge in [0.1, 0.15) is 11.4 Å². The Hall–Kier alpha value is -2.30. The number of rotatable bonds is 6. The SMILES string of the molecule is CCC(C)NC(=O)c1ccn(COc2ccccc2C)n1. The fourth-order valence-electron chi connectivity index (χ4n) is 1.81. The molecule has 112 valence electrons. The van der Waals surface area contributed by atoms with Crippen LogP contribution in [0.3, 0.4) is 0 Å². The summed E-state index contributed by atoms with van der Waals surface area (Å²) in [6.45, 7) is 6.26. The van der Waals surface area contributed by atoms with Gasteiger partial charge in [-0.25, -0.2) is 4.68 Å². The highest BCUT2D eigenvalue weighted by atomic mass is 16.5. The van der Waals surface area contributed by atoms with E-state index in [1.165, 1.54) is 0 Å². The molecule has 2 rings (SSSR count). The van der Waals surface area contributed by atoms with Crippen LogP contribution in [-0.4, -0.2) is 21.7 Å². The van der Waals surface area contributed by atoms with Gasteiger partial charge in [0.05, 0.1) is 0 Å². The molecule has 0 aliphatic rings. The molecule has 1 unspecified atom stereocenters. The number of nitrogens with one attached hydrogen (secondary N) is 1. The predicted octanol–water partition coefficient (Wildman–Crippen LogP) is 2.76. The van der Waals surface area contributed by atoms with Crippen molar-refractivity contribution in [3.8, 4) is 5.75 Å². The average Bonchev–Trinajstić information content (AvgIpc) is 2.95. The van der Waals surface area contributed by atoms with E-state index >= 15 is 0 Å². The third kappa shape index (κ3) is 4.08. The molecule has 0 aliphatic carbocycles. The summed E-state index contributed by atoms with van der Waals surface area (Å²) in [5.74, 6) is 0.664. The summed E-state index contributed by atoms with van der Waals surface area (Å²) in [6.07, 6.45) is 2.63. The largest absolute Gasteiger partial charge is 0.471 e. The number of hydrogen-bond acceptors (Lipinski definition) is 3. The normalized spacial score (nSPS) is 12.0. The van der Waals surface area contributed by atoms with Crippen LogP contribution in [0, 0.1) is 6.92 Å². The van der Waals surface area contributed by atoms with E-state index in [9.17, 15) is 4.79 Å². The summed E-state index contributed by atoms with van der Waals surface area (Å²) in [7, 11) is 0. The molecule has 0 fully saturated rings. The molecule has 0 spiro atoms. The molecule has 1 atom stereocenters. The summed E-state index contributed by atoms with van der Waals surface area (Å²) in [5, 5.41) is 7.11. The minimum absolute atomic E-state index is 0.144. The highest BCUT2D eigenvalue weighted by Gasteiger charge is 2.11. The Morgan fingerprint density at radius 3 is 2.86 bits per heavy atom. The molecule has 1 aromatic heterocycles. The van der Waals surface area contributed by atoms with Crippen molar-refractivity contribution >= 4 is 5.91 Å². The molecule has 1 N–H and O–H groups in total. The van der Waals surface area contributed by atoms with Gasteiger partial charge in [-0.15, -0.1) is 0 Å². The Kier molecular flexibility index (Phi) is 4.98. The van der Waals surface area contributed by atoms with Gasteiger partial charge in [-0.05, 0) is 38.0 Å². The summed E-state index contributed by atoms with van der Waals surface area (Å²) >= 11 is 0. The van der Waals surface area contributed by atoms with Crippen molar-refractivity contribution in [3.05, 3.63) is 47.8 Å². The molecule has 0 saturated heterocycles. The molecule has 1 heterocycles. The maximum atomic E-state index is 11.9. The van der Waals surface area contributed by atoms with Crippen LogP contribution >= 0.6 is 0 Å². The van der Waals surface area contributed by atoms with Gasteiger partial charge in [-0.1, -0.05) is 25.1 Å². The van der Waals surface area contributed by atoms with Crippen molar-refractivity contribution in [2.24, 2.45) is 0 Å². The number of aromatic nitrogens is 2. The maximum absolute atomic E-state index is 11.9. The topological polar surface area (TPSA) is 56.2 Å². The molecular weight excluding hydrogens is 266 g/mol. The van der Waals surface area contributed by atoms with Crippen molar-refractivity contribution < 1.29 is 9.53 Å². The Morgan fingerprint density at radius 2 is 2.14 bits per heavy atom. The second kappa shape index (κ2) is 6.92. The monoisotopic (exact) mass is 287 g/mol. The van der Waals surface area contributed by atoms with Gasteiger partial charge < -0.3 is 10.1 Å². The molecular formula is C16H21N3O2. The van der Waals surface area contributed by atoms with Crippen LogP contribution in [0.1, 0.15) is 36.3 Å². The van der Waals surface area contributed by atoms with Crippen molar-refractivity contribution in [3.63, 3.8) is 0 Å². The first-order valence-electron chi connectivity index (χ1n) is 7.13. The quantitative estimate of drug-likeness (QED) is 0.888. The fourth-order valence-corrected chi connectivity index (χ4v) is 1.81. The number of hydrogen-bond donors (Lipinski definition) is 1. The Bertz CT molecular complexity index is 607. The molecule has 1 amide bonds. The molecule has 0 radical (unpaired) electrons. The number of carbonyl (C=O) groups excluding carboxylic acids is 1. The summed E-state index contributed by atoms with van der Waals surface area (Å²) in [6, 6.07) is 9.63. The fraction of sp³-hybridized carbons (Fsp3) is 0.375. The van der Waals surface area contributed by atoms with E-state index in [0.29, 0.717) is 5.69 Å². The second-order valence-electron chi connectivity index (χ2n) is 5.06. The summed E-state index contributed by atoms with van der Waals surface area (Å²) in [5.41, 5.74) is 1.48. The molecule has 21 heavy (non-hydrogen) atoms. The van der Waals surface area contributed by atoms with Gasteiger partial charge in [-0.2, -0.15) is 5.10 Å². The van der Waals surface area contributed by atoms with Crippen LogP contribution in [0.25, 0.3) is 0 Å². The minimum atomic E-state index is -0.154. The molecule has 5 nitrogen and oxygen atoms in total. The lowest BCUT2D eigenvalue weighted by molar-refractivity contribution is 0.0932. The van der Waals surface area contributed by atoms with E-state index in [0.717, 1.165) is 17.7 Å². The van der Waals surface area contributed by atoms with Crippen LogP contribution in [0.15, 0.2) is 36.5 Å². The first-order chi connectivity index (χ1) is 10.1. The zero-order chi connectivity index (χ0) is 15.2. The van der Waals surface area contributed by atoms with Crippen molar-refractivity contribution in [1.82, 2.24) is 15.1 Å². The predicted molar refractivity (Wildman–Crippen MR) is 81.3 cm³/mol. The van der Waals surface area contributed by atoms with E-state index in [4.69, 9.17) is 4.74 Å². The van der Waals surface area contributed by atoms with Crippen LogP contribution in [-0.2, 0) is 6.73 Å². The van der Waals surface area contributed by atoms with Gasteiger partial charge in [0, 0.05) is 12.2 Å². The van der Waals surface area contributed by atoms with Crippen molar-refractivity contribution in [2.75, 3.05) is 0 Å². The lowest BCUT2D eigenvalue weighted by Crippen LogP contribution is -2.32. The molecule has 5 heteroatoms. The van der Waals surface area contributed by atoms with E-state index in [-0.39, 0.29) is 18.7 Å². The lowest BCUT2D eigenvalue weighted by atomic mass is 10.2. The summed E-state index contributed by atoms with van der Waals surface area (Å²) in [4.78, 5) is 11.9. The van der Waals surface area contributed by atoms with Gasteiger partial charge in [0.25, 0.3) is 5.91 Å². The number of carbonyl (C=O) groups is 1. The average molecular weight is 287 g/mol. The van der Waals surface area contributed by atoms with E-state index in [1.54, 1.807) is 16.9 Å². The Morgan fingerprint density at radius 1 is 1.38 bits per heavy atom. The third-order valence-electron chi connectivity index (χ3n) is 3.31. The number of nitrogens with zero attached hydrogens (tertiary/aromatic N) is 2. The molecule has 0 aliphatic heterocycles. The smallest absolute Gasteiger partial charge is 0.271 e. The van der Waals surface area contributed by atoms with Gasteiger partial charge >= 0.3 is 0 Å². The molecule has 0 bridgehead atoms. The highest BCUT2D eigenvalue weighted by Crippen LogP contribution is 2.16. The van der Waals surface area contributed by atoms with Crippen LogP contribution in [0.5, 0.6) is 5.75 Å². The number of benzene rings is 1. The van der Waals surface area contributed by atoms with Crippen LogP contribution < -0.4 is 10.1 Å². The lowest BCUT2D eigenvalue weighted by Gasteiger charge is -2.10. The Labute approximate surface area is 124 Å². The van der Waals surface area contributed by atoms with Crippen LogP contribution in [0.2, 0.25) is 0 Å². The first-order valence-corrected chi connectivity index (χ1v) is 7.13. The van der Waals surface area contributed by atoms with Gasteiger partial charge in [0.15, 0.2) is 6.73 Å². The van der Waals surface area contributed by atoms with Crippen molar-refractivity contribution in [1.29, 1.82) is 0 Å². The highest BCUT2D eigenvalue weighted by molar-refractivity contribution is 5.92. The number of ether oxygens (including phenoxy) is 1. The second-order valence-corrected chi connectivity index (χ2v) is 5.06. The standard InChI is InChI=1S/C16H21N3O2/c1-4-13(3)17-16(20)14-9-10-19(18-14)11-21-15-8-6-5-7-12(15)2/h5-10,13H,4,11H2,1-3H3,(H,17,20). The van der Waals surface area contributed by atoms with Gasteiger partial charge in [0.2, 0.25) is 0 Å². The van der Waals surface area contributed by atoms with Crippen molar-refractivity contribution in [2.45, 2.75) is 40.0 Å². The van der Waals surface area contributed by atoms with Gasteiger partial charge in [-0.3, -0.25) is 4.79 Å². The van der Waals surface area contributed by atoms with Crippen LogP contribution in [0.4, 0.5) is 0 Å². The summed E-state index contributed by atoms with van der Waals surface area (Å²) < 4.78 is 7.30. The van der Waals surface area contributed by atoms with E-state index in [2.05, 4.69) is 10.4 Å².